The summed E-state index contributed by atoms with van der Waals surface area (Å²) in [5, 5.41) is 0.753. The van der Waals surface area contributed by atoms with Crippen molar-refractivity contribution in [2.75, 3.05) is 22.9 Å². The molecule has 27 heavy (non-hydrogen) atoms. The van der Waals surface area contributed by atoms with Crippen molar-refractivity contribution >= 4 is 34.9 Å². The highest BCUT2D eigenvalue weighted by Crippen LogP contribution is 2.45. The average Bonchev–Trinajstić information content (AvgIpc) is 2.63. The molecule has 1 aliphatic carbocycles. The van der Waals surface area contributed by atoms with E-state index in [0.717, 1.165) is 61.1 Å². The Morgan fingerprint density at radius 1 is 1.11 bits per heavy atom. The summed E-state index contributed by atoms with van der Waals surface area (Å²) in [5.74, 6) is 1.45. The fourth-order valence-electron chi connectivity index (χ4n) is 4.70. The molecule has 7 heteroatoms. The SMILES string of the molecule is CC1CCN(c2c(Cl)cccc2N2C(N)=NC(N)=NC23CCCCC3)CC1. The highest BCUT2D eigenvalue weighted by atomic mass is 35.5. The lowest BCUT2D eigenvalue weighted by molar-refractivity contribution is 0.305. The van der Waals surface area contributed by atoms with Gasteiger partial charge in [0.1, 0.15) is 5.66 Å². The van der Waals surface area contributed by atoms with Crippen LogP contribution in [0.2, 0.25) is 5.02 Å². The van der Waals surface area contributed by atoms with E-state index >= 15 is 0 Å². The molecule has 1 saturated carbocycles. The Kier molecular flexibility index (Phi) is 4.93. The Labute approximate surface area is 166 Å². The number of halogens is 1. The third-order valence-corrected chi connectivity index (χ3v) is 6.46. The second kappa shape index (κ2) is 7.23. The van der Waals surface area contributed by atoms with Crippen molar-refractivity contribution in [3.05, 3.63) is 23.2 Å². The van der Waals surface area contributed by atoms with Crippen molar-refractivity contribution < 1.29 is 0 Å². The monoisotopic (exact) mass is 388 g/mol. The first-order valence-corrected chi connectivity index (χ1v) is 10.4. The first-order chi connectivity index (χ1) is 13.0. The van der Waals surface area contributed by atoms with Crippen LogP contribution >= 0.6 is 11.6 Å². The minimum Gasteiger partial charge on any atom is -0.369 e. The summed E-state index contributed by atoms with van der Waals surface area (Å²) >= 11 is 6.71. The third-order valence-electron chi connectivity index (χ3n) is 6.16. The zero-order valence-corrected chi connectivity index (χ0v) is 16.8. The molecule has 6 nitrogen and oxygen atoms in total. The smallest absolute Gasteiger partial charge is 0.220 e. The summed E-state index contributed by atoms with van der Waals surface area (Å²) in [7, 11) is 0. The summed E-state index contributed by atoms with van der Waals surface area (Å²) in [6.07, 6.45) is 7.62. The van der Waals surface area contributed by atoms with Crippen molar-refractivity contribution in [1.29, 1.82) is 0 Å². The molecule has 146 valence electrons. The van der Waals surface area contributed by atoms with Crippen LogP contribution in [0.4, 0.5) is 11.4 Å². The van der Waals surface area contributed by atoms with Crippen LogP contribution in [0.5, 0.6) is 0 Å². The molecule has 3 aliphatic rings. The maximum absolute atomic E-state index is 6.71. The van der Waals surface area contributed by atoms with Gasteiger partial charge in [0.15, 0.2) is 0 Å². The quantitative estimate of drug-likeness (QED) is 0.809. The fourth-order valence-corrected chi connectivity index (χ4v) is 4.99. The van der Waals surface area contributed by atoms with E-state index in [1.807, 2.05) is 12.1 Å². The van der Waals surface area contributed by atoms with Gasteiger partial charge in [-0.1, -0.05) is 31.0 Å². The summed E-state index contributed by atoms with van der Waals surface area (Å²) < 4.78 is 0. The molecule has 1 spiro atoms. The molecule has 0 atom stereocenters. The van der Waals surface area contributed by atoms with E-state index in [9.17, 15) is 0 Å². The molecular formula is C20H29ClN6. The lowest BCUT2D eigenvalue weighted by atomic mass is 9.87. The predicted molar refractivity (Wildman–Crippen MR) is 114 cm³/mol. The number of rotatable bonds is 2. The number of aliphatic imine (C=N–C) groups is 2. The van der Waals surface area contributed by atoms with Crippen molar-refractivity contribution in [3.8, 4) is 0 Å². The normalized spacial score (nSPS) is 23.3. The van der Waals surface area contributed by atoms with Crippen molar-refractivity contribution in [2.24, 2.45) is 27.4 Å². The predicted octanol–water partition coefficient (Wildman–Crippen LogP) is 3.69. The minimum absolute atomic E-state index is 0.279. The Bertz CT molecular complexity index is 760. The van der Waals surface area contributed by atoms with E-state index in [4.69, 9.17) is 28.1 Å². The molecule has 0 bridgehead atoms. The number of piperidine rings is 1. The Hall–Kier alpha value is -1.95. The first-order valence-electron chi connectivity index (χ1n) is 10.0. The second-order valence-electron chi connectivity index (χ2n) is 8.10. The van der Waals surface area contributed by atoms with Gasteiger partial charge in [-0.3, -0.25) is 4.90 Å². The van der Waals surface area contributed by atoms with Gasteiger partial charge in [-0.2, -0.15) is 4.99 Å². The molecule has 0 radical (unpaired) electrons. The largest absolute Gasteiger partial charge is 0.369 e. The number of anilines is 2. The van der Waals surface area contributed by atoms with Crippen LogP contribution in [0.3, 0.4) is 0 Å². The van der Waals surface area contributed by atoms with Gasteiger partial charge in [-0.25, -0.2) is 4.99 Å². The van der Waals surface area contributed by atoms with E-state index in [1.165, 1.54) is 19.3 Å². The second-order valence-corrected chi connectivity index (χ2v) is 8.50. The first kappa shape index (κ1) is 18.4. The van der Waals surface area contributed by atoms with Crippen LogP contribution in [0.15, 0.2) is 28.2 Å². The fraction of sp³-hybridized carbons (Fsp3) is 0.600. The molecule has 1 aromatic carbocycles. The maximum Gasteiger partial charge on any atom is 0.220 e. The summed E-state index contributed by atoms with van der Waals surface area (Å²) in [6, 6.07) is 6.04. The highest BCUT2D eigenvalue weighted by molar-refractivity contribution is 6.34. The number of para-hydroxylation sites is 1. The van der Waals surface area contributed by atoms with Gasteiger partial charge >= 0.3 is 0 Å². The van der Waals surface area contributed by atoms with Crippen molar-refractivity contribution in [1.82, 2.24) is 0 Å². The molecule has 1 saturated heterocycles. The van der Waals surface area contributed by atoms with E-state index in [-0.39, 0.29) is 5.96 Å². The van der Waals surface area contributed by atoms with Crippen molar-refractivity contribution in [2.45, 2.75) is 57.5 Å². The molecule has 0 aromatic heterocycles. The molecule has 2 heterocycles. The van der Waals surface area contributed by atoms with Gasteiger partial charge in [-0.15, -0.1) is 0 Å². The Morgan fingerprint density at radius 3 is 2.52 bits per heavy atom. The van der Waals surface area contributed by atoms with Gasteiger partial charge < -0.3 is 16.4 Å². The van der Waals surface area contributed by atoms with E-state index in [0.29, 0.717) is 5.96 Å². The summed E-state index contributed by atoms with van der Waals surface area (Å²) in [5.41, 5.74) is 14.0. The molecular weight excluding hydrogens is 360 g/mol. The van der Waals surface area contributed by atoms with Crippen LogP contribution in [-0.4, -0.2) is 30.7 Å². The number of hydrogen-bond acceptors (Lipinski definition) is 6. The van der Waals surface area contributed by atoms with Crippen LogP contribution in [-0.2, 0) is 0 Å². The number of benzene rings is 1. The van der Waals surface area contributed by atoms with Gasteiger partial charge in [0, 0.05) is 13.1 Å². The van der Waals surface area contributed by atoms with E-state index in [2.05, 4.69) is 27.8 Å². The van der Waals surface area contributed by atoms with E-state index in [1.54, 1.807) is 0 Å². The lowest BCUT2D eigenvalue weighted by Gasteiger charge is -2.47. The maximum atomic E-state index is 6.71. The molecule has 2 fully saturated rings. The van der Waals surface area contributed by atoms with Crippen LogP contribution in [0, 0.1) is 5.92 Å². The molecule has 0 amide bonds. The molecule has 1 aromatic rings. The molecule has 2 aliphatic heterocycles. The number of nitrogens with zero attached hydrogens (tertiary/aromatic N) is 4. The highest BCUT2D eigenvalue weighted by Gasteiger charge is 2.44. The van der Waals surface area contributed by atoms with Gasteiger partial charge in [0.2, 0.25) is 11.9 Å². The Morgan fingerprint density at radius 2 is 1.81 bits per heavy atom. The standard InChI is InChI=1S/C20H29ClN6/c1-14-8-12-26(13-9-14)17-15(21)6-5-7-16(17)27-19(23)24-18(22)25-20(27)10-3-2-4-11-20/h5-7,14H,2-4,8-13H2,1H3,(H4,22,23,24,25). The van der Waals surface area contributed by atoms with Crippen molar-refractivity contribution in [3.63, 3.8) is 0 Å². The van der Waals surface area contributed by atoms with Gasteiger partial charge in [0.05, 0.1) is 16.4 Å². The van der Waals surface area contributed by atoms with Gasteiger partial charge in [0.25, 0.3) is 0 Å². The summed E-state index contributed by atoms with van der Waals surface area (Å²) in [4.78, 5) is 13.6. The molecule has 4 rings (SSSR count). The number of hydrogen-bond donors (Lipinski definition) is 2. The average molecular weight is 389 g/mol. The minimum atomic E-state index is -0.448. The zero-order valence-electron chi connectivity index (χ0n) is 16.0. The Balaban J connectivity index is 1.80. The van der Waals surface area contributed by atoms with E-state index < -0.39 is 5.66 Å². The zero-order chi connectivity index (χ0) is 19.0. The van der Waals surface area contributed by atoms with Crippen LogP contribution in [0.1, 0.15) is 51.9 Å². The number of nitrogens with two attached hydrogens (primary N) is 2. The number of guanidine groups is 2. The lowest BCUT2D eigenvalue weighted by Crippen LogP contribution is -2.58. The molecule has 0 unspecified atom stereocenters. The molecule has 4 N–H and O–H groups in total. The third kappa shape index (κ3) is 3.35. The van der Waals surface area contributed by atoms with Crippen LogP contribution in [0.25, 0.3) is 0 Å². The van der Waals surface area contributed by atoms with Gasteiger partial charge in [-0.05, 0) is 56.6 Å². The topological polar surface area (TPSA) is 83.2 Å². The van der Waals surface area contributed by atoms with Crippen LogP contribution < -0.4 is 21.3 Å². The summed E-state index contributed by atoms with van der Waals surface area (Å²) in [6.45, 7) is 4.32.